The van der Waals surface area contributed by atoms with E-state index in [1.807, 2.05) is 0 Å². The highest BCUT2D eigenvalue weighted by Gasteiger charge is 2.84. The highest BCUT2D eigenvalue weighted by atomic mass is 16.6. The monoisotopic (exact) mass is 610 g/mol. The van der Waals surface area contributed by atoms with Crippen molar-refractivity contribution in [1.82, 2.24) is 0 Å². The molecule has 0 radical (unpaired) electrons. The van der Waals surface area contributed by atoms with E-state index in [9.17, 15) is 39.6 Å². The first-order valence-electron chi connectivity index (χ1n) is 15.0. The number of carboxylic acid groups (broad SMARTS) is 4. The molecule has 0 aromatic carbocycles. The Kier molecular flexibility index (Phi) is 7.97. The molecule has 5 aliphatic rings. The summed E-state index contributed by atoms with van der Waals surface area (Å²) >= 11 is 0. The Morgan fingerprint density at radius 2 is 0.930 bits per heavy atom. The van der Waals surface area contributed by atoms with Gasteiger partial charge < -0.3 is 39.4 Å². The van der Waals surface area contributed by atoms with Crippen molar-refractivity contribution in [3.05, 3.63) is 0 Å². The van der Waals surface area contributed by atoms with Crippen LogP contribution < -0.4 is 0 Å². The molecule has 0 spiro atoms. The predicted octanol–water partition coefficient (Wildman–Crippen LogP) is 1.94. The van der Waals surface area contributed by atoms with Gasteiger partial charge in [-0.1, -0.05) is 27.7 Å². The average Bonchev–Trinajstić information content (AvgIpc) is 3.72. The third-order valence-electron chi connectivity index (χ3n) is 11.7. The number of ketones is 1. The van der Waals surface area contributed by atoms with Crippen LogP contribution in [0, 0.1) is 45.3 Å². The largest absolute Gasteiger partial charge is 0.481 e. The van der Waals surface area contributed by atoms with Crippen molar-refractivity contribution in [1.29, 1.82) is 0 Å². The first-order chi connectivity index (χ1) is 20.1. The summed E-state index contributed by atoms with van der Waals surface area (Å²) in [4.78, 5) is 67.9. The number of carbonyl (C=O) groups is 5. The molecule has 240 valence electrons. The molecule has 1 aliphatic carbocycles. The number of rotatable bonds is 16. The number of carbonyl (C=O) groups excluding carboxylic acids is 1. The Balaban J connectivity index is 2.00. The molecule has 8 atom stereocenters. The summed E-state index contributed by atoms with van der Waals surface area (Å²) in [5, 5.41) is 42.9. The molecule has 0 bridgehead atoms. The van der Waals surface area contributed by atoms with Crippen LogP contribution in [-0.4, -0.2) is 101 Å². The summed E-state index contributed by atoms with van der Waals surface area (Å²) in [6.45, 7) is 6.46. The van der Waals surface area contributed by atoms with Crippen LogP contribution in [0.3, 0.4) is 0 Å². The van der Waals surface area contributed by atoms with Gasteiger partial charge in [0.25, 0.3) is 0 Å². The molecule has 1 saturated carbocycles. The molecule has 5 fully saturated rings. The number of Topliss-reactive ketones (excluding diaryl/α,β-unsaturated/α-hetero) is 1. The molecule has 4 N–H and O–H groups in total. The Hall–Kier alpha value is -2.61. The molecule has 43 heavy (non-hydrogen) atoms. The Morgan fingerprint density at radius 3 is 1.21 bits per heavy atom. The van der Waals surface area contributed by atoms with Gasteiger partial charge in [0, 0.05) is 11.8 Å². The maximum atomic E-state index is 15.1. The molecule has 13 heteroatoms. The van der Waals surface area contributed by atoms with Crippen LogP contribution in [0.5, 0.6) is 0 Å². The smallest absolute Gasteiger partial charge is 0.307 e. The zero-order valence-corrected chi connectivity index (χ0v) is 24.9. The zero-order valence-electron chi connectivity index (χ0n) is 24.9. The van der Waals surface area contributed by atoms with Gasteiger partial charge in [0.2, 0.25) is 0 Å². The van der Waals surface area contributed by atoms with Gasteiger partial charge in [-0.05, 0) is 36.5 Å². The van der Waals surface area contributed by atoms with Gasteiger partial charge in [-0.2, -0.15) is 0 Å². The first kappa shape index (κ1) is 31.8. The van der Waals surface area contributed by atoms with E-state index in [0.29, 0.717) is 26.4 Å². The van der Waals surface area contributed by atoms with E-state index in [4.69, 9.17) is 18.9 Å². The quantitative estimate of drug-likeness (QED) is 0.184. The van der Waals surface area contributed by atoms with Crippen molar-refractivity contribution in [2.75, 3.05) is 26.4 Å². The molecule has 4 aliphatic heterocycles. The maximum Gasteiger partial charge on any atom is 0.307 e. The second-order valence-electron chi connectivity index (χ2n) is 13.6. The third kappa shape index (κ3) is 4.77. The molecule has 8 unspecified atom stereocenters. The zero-order chi connectivity index (χ0) is 31.7. The van der Waals surface area contributed by atoms with Crippen LogP contribution in [0.1, 0.15) is 59.8 Å². The van der Waals surface area contributed by atoms with E-state index in [2.05, 4.69) is 0 Å². The van der Waals surface area contributed by atoms with E-state index < -0.39 is 87.2 Å². The van der Waals surface area contributed by atoms with E-state index >= 15 is 4.79 Å². The fourth-order valence-corrected chi connectivity index (χ4v) is 9.83. The third-order valence-corrected chi connectivity index (χ3v) is 11.7. The van der Waals surface area contributed by atoms with Crippen LogP contribution in [0.2, 0.25) is 0 Å². The molecule has 0 amide bonds. The van der Waals surface area contributed by atoms with E-state index in [0.717, 1.165) is 0 Å². The van der Waals surface area contributed by atoms with Crippen LogP contribution in [0.25, 0.3) is 0 Å². The Labute approximate surface area is 249 Å². The summed E-state index contributed by atoms with van der Waals surface area (Å²) in [7, 11) is 0. The molecule has 0 aromatic heterocycles. The van der Waals surface area contributed by atoms with E-state index in [1.165, 1.54) is 27.7 Å². The first-order valence-corrected chi connectivity index (χ1v) is 15.0. The Morgan fingerprint density at radius 1 is 0.628 bits per heavy atom. The lowest BCUT2D eigenvalue weighted by molar-refractivity contribution is -0.277. The van der Waals surface area contributed by atoms with Gasteiger partial charge in [0.1, 0.15) is 5.78 Å². The average molecular weight is 611 g/mol. The molecule has 13 nitrogen and oxygen atoms in total. The summed E-state index contributed by atoms with van der Waals surface area (Å²) in [6, 6.07) is 0. The van der Waals surface area contributed by atoms with Gasteiger partial charge in [-0.15, -0.1) is 0 Å². The van der Waals surface area contributed by atoms with Crippen molar-refractivity contribution in [3.8, 4) is 0 Å². The molecular weight excluding hydrogens is 568 g/mol. The van der Waals surface area contributed by atoms with Gasteiger partial charge >= 0.3 is 23.9 Å². The number of hydrogen-bond acceptors (Lipinski definition) is 9. The second kappa shape index (κ2) is 10.8. The number of aliphatic carboxylic acids is 4. The van der Waals surface area contributed by atoms with Crippen molar-refractivity contribution in [3.63, 3.8) is 0 Å². The lowest BCUT2D eigenvalue weighted by atomic mass is 9.26. The van der Waals surface area contributed by atoms with Crippen LogP contribution >= 0.6 is 0 Å². The number of carboxylic acids is 4. The predicted molar refractivity (Wildman–Crippen MR) is 144 cm³/mol. The lowest BCUT2D eigenvalue weighted by Crippen LogP contribution is -2.78. The maximum absolute atomic E-state index is 15.1. The summed E-state index contributed by atoms with van der Waals surface area (Å²) in [5.74, 6) is -13.5. The van der Waals surface area contributed by atoms with Crippen LogP contribution in [0.15, 0.2) is 0 Å². The lowest BCUT2D eigenvalue weighted by Gasteiger charge is -2.74. The summed E-state index contributed by atoms with van der Waals surface area (Å²) < 4.78 is 22.8. The topological polar surface area (TPSA) is 216 Å². The standard InChI is InChI=1S/C30H42O13/c1-14(23(32)33)29(15(2)24(34)35)22(31)9-27(5-18-10-40-18,6-19-11-41-19)28(7-20-12-42-20,8-21-13-43-21)30(29,16(3)25(36)37)17(4)26(38)39/h14-21H,5-13H2,1-4H3,(H,32,33)(H,34,35)(H,36,37)(H,38,39). The fraction of sp³-hybridized carbons (Fsp3) is 0.833. The summed E-state index contributed by atoms with van der Waals surface area (Å²) in [6.07, 6.45) is -0.936. The minimum absolute atomic E-state index is 0.106. The van der Waals surface area contributed by atoms with Gasteiger partial charge in [0.05, 0.1) is 79.9 Å². The highest BCUT2D eigenvalue weighted by Crippen LogP contribution is 2.80. The molecule has 0 aromatic rings. The van der Waals surface area contributed by atoms with Crippen LogP contribution in [-0.2, 0) is 42.9 Å². The Bertz CT molecular complexity index is 1110. The van der Waals surface area contributed by atoms with E-state index in [1.54, 1.807) is 0 Å². The number of hydrogen-bond donors (Lipinski definition) is 4. The van der Waals surface area contributed by atoms with Crippen LogP contribution in [0.4, 0.5) is 0 Å². The highest BCUT2D eigenvalue weighted by molar-refractivity contribution is 5.98. The molecule has 4 heterocycles. The molecular formula is C30H42O13. The summed E-state index contributed by atoms with van der Waals surface area (Å²) in [5.41, 5.74) is -7.25. The molecule has 5 rings (SSSR count). The SMILES string of the molecule is CC(C(=O)O)C1(C(C)C(=O)O)C(=O)CC(CC2CO2)(CC2CO2)C(CC2CO2)(CC2CO2)C1(C(C)C(=O)O)C(C)C(=O)O. The van der Waals surface area contributed by atoms with Crippen molar-refractivity contribution >= 4 is 29.7 Å². The van der Waals surface area contributed by atoms with Gasteiger partial charge in [0.15, 0.2) is 0 Å². The van der Waals surface area contributed by atoms with Crippen molar-refractivity contribution in [2.45, 2.75) is 84.2 Å². The normalized spacial score (nSPS) is 42.3. The minimum atomic E-state index is -2.44. The van der Waals surface area contributed by atoms with E-state index in [-0.39, 0.29) is 44.3 Å². The fourth-order valence-electron chi connectivity index (χ4n) is 9.83. The second-order valence-corrected chi connectivity index (χ2v) is 13.6. The van der Waals surface area contributed by atoms with Gasteiger partial charge in [-0.25, -0.2) is 0 Å². The molecule has 4 saturated heterocycles. The number of ether oxygens (including phenoxy) is 4. The van der Waals surface area contributed by atoms with Crippen molar-refractivity contribution in [2.24, 2.45) is 45.3 Å². The number of epoxide rings is 4. The minimum Gasteiger partial charge on any atom is -0.481 e. The van der Waals surface area contributed by atoms with Crippen molar-refractivity contribution < 1.29 is 63.3 Å². The van der Waals surface area contributed by atoms with Gasteiger partial charge in [-0.3, -0.25) is 24.0 Å².